The van der Waals surface area contributed by atoms with Crippen LogP contribution in [0, 0.1) is 5.41 Å². The Bertz CT molecular complexity index is 677. The molecule has 26 heavy (non-hydrogen) atoms. The fraction of sp³-hybridized carbons (Fsp3) is 0.700. The van der Waals surface area contributed by atoms with E-state index in [9.17, 15) is 4.79 Å². The van der Waals surface area contributed by atoms with Gasteiger partial charge in [-0.3, -0.25) is 9.79 Å². The Kier molecular flexibility index (Phi) is 5.20. The predicted molar refractivity (Wildman–Crippen MR) is 107 cm³/mol. The van der Waals surface area contributed by atoms with Gasteiger partial charge in [0.2, 0.25) is 5.91 Å². The van der Waals surface area contributed by atoms with Gasteiger partial charge in [0.1, 0.15) is 0 Å². The molecule has 1 aromatic rings. The number of fused-ring (bicyclic) bond motifs is 1. The van der Waals surface area contributed by atoms with Crippen LogP contribution in [0.3, 0.4) is 0 Å². The van der Waals surface area contributed by atoms with Crippen molar-refractivity contribution in [2.24, 2.45) is 10.4 Å². The number of guanidine groups is 1. The van der Waals surface area contributed by atoms with Crippen molar-refractivity contribution < 1.29 is 4.79 Å². The SMILES string of the molecule is CN=C(NCC(=O)N1CCc2sccc2C1)N1CCC2(CCCCC2)C1. The molecule has 2 fully saturated rings. The van der Waals surface area contributed by atoms with Crippen LogP contribution >= 0.6 is 11.3 Å². The Morgan fingerprint density at radius 1 is 1.23 bits per heavy atom. The number of carbonyl (C=O) groups is 1. The molecule has 6 heteroatoms. The van der Waals surface area contributed by atoms with Crippen LogP contribution < -0.4 is 5.32 Å². The van der Waals surface area contributed by atoms with E-state index >= 15 is 0 Å². The van der Waals surface area contributed by atoms with Crippen LogP contribution in [0.2, 0.25) is 0 Å². The van der Waals surface area contributed by atoms with Gasteiger partial charge >= 0.3 is 0 Å². The molecule has 0 atom stereocenters. The highest BCUT2D eigenvalue weighted by molar-refractivity contribution is 7.10. The third-order valence-corrected chi connectivity index (χ3v) is 7.44. The molecule has 0 radical (unpaired) electrons. The molecule has 1 amide bonds. The Balaban J connectivity index is 1.30. The molecule has 3 heterocycles. The van der Waals surface area contributed by atoms with Crippen molar-refractivity contribution >= 4 is 23.2 Å². The first-order valence-electron chi connectivity index (χ1n) is 9.98. The molecule has 2 aliphatic heterocycles. The number of nitrogens with one attached hydrogen (secondary N) is 1. The van der Waals surface area contributed by atoms with Gasteiger partial charge in [-0.05, 0) is 48.1 Å². The van der Waals surface area contributed by atoms with Crippen molar-refractivity contribution in [3.8, 4) is 0 Å². The van der Waals surface area contributed by atoms with E-state index in [2.05, 4.69) is 26.7 Å². The maximum Gasteiger partial charge on any atom is 0.242 e. The molecule has 0 unspecified atom stereocenters. The lowest BCUT2D eigenvalue weighted by molar-refractivity contribution is -0.130. The number of likely N-dealkylation sites (tertiary alicyclic amines) is 1. The Morgan fingerprint density at radius 3 is 2.88 bits per heavy atom. The first kappa shape index (κ1) is 17.8. The molecular formula is C20H30N4OS. The van der Waals surface area contributed by atoms with Crippen LogP contribution in [-0.2, 0) is 17.8 Å². The zero-order valence-corrected chi connectivity index (χ0v) is 16.6. The number of amides is 1. The average molecular weight is 375 g/mol. The van der Waals surface area contributed by atoms with Crippen molar-refractivity contribution in [2.75, 3.05) is 33.2 Å². The van der Waals surface area contributed by atoms with Gasteiger partial charge in [0.15, 0.2) is 5.96 Å². The largest absolute Gasteiger partial charge is 0.347 e. The van der Waals surface area contributed by atoms with Crippen LogP contribution in [0.15, 0.2) is 16.4 Å². The molecule has 1 aliphatic carbocycles. The first-order valence-corrected chi connectivity index (χ1v) is 10.9. The molecule has 5 nitrogen and oxygen atoms in total. The number of hydrogen-bond acceptors (Lipinski definition) is 3. The Morgan fingerprint density at radius 2 is 2.08 bits per heavy atom. The number of thiophene rings is 1. The molecule has 0 bridgehead atoms. The van der Waals surface area contributed by atoms with E-state index in [-0.39, 0.29) is 5.91 Å². The monoisotopic (exact) mass is 374 g/mol. The summed E-state index contributed by atoms with van der Waals surface area (Å²) in [6.45, 7) is 4.10. The summed E-state index contributed by atoms with van der Waals surface area (Å²) in [7, 11) is 1.83. The lowest BCUT2D eigenvalue weighted by Gasteiger charge is -2.33. The second-order valence-corrected chi connectivity index (χ2v) is 9.07. The molecule has 142 valence electrons. The third-order valence-electron chi connectivity index (χ3n) is 6.42. The smallest absolute Gasteiger partial charge is 0.242 e. The van der Waals surface area contributed by atoms with E-state index in [1.807, 2.05) is 23.3 Å². The summed E-state index contributed by atoms with van der Waals surface area (Å²) in [5.41, 5.74) is 1.82. The molecule has 1 spiro atoms. The molecule has 1 aromatic heterocycles. The van der Waals surface area contributed by atoms with Gasteiger partial charge in [-0.1, -0.05) is 19.3 Å². The van der Waals surface area contributed by atoms with Gasteiger partial charge in [0.25, 0.3) is 0 Å². The van der Waals surface area contributed by atoms with Crippen molar-refractivity contribution in [1.82, 2.24) is 15.1 Å². The molecule has 4 rings (SSSR count). The molecule has 1 saturated carbocycles. The van der Waals surface area contributed by atoms with E-state index in [1.54, 1.807) is 0 Å². The van der Waals surface area contributed by atoms with E-state index in [0.29, 0.717) is 12.0 Å². The fourth-order valence-electron chi connectivity index (χ4n) is 4.89. The van der Waals surface area contributed by atoms with Gasteiger partial charge in [-0.2, -0.15) is 0 Å². The topological polar surface area (TPSA) is 47.9 Å². The maximum atomic E-state index is 12.7. The standard InChI is InChI=1S/C20H30N4OS/c1-21-19(24-11-9-20(15-24)7-3-2-4-8-20)22-13-18(25)23-10-5-17-16(14-23)6-12-26-17/h6,12H,2-5,7-11,13-15H2,1H3,(H,21,22). The van der Waals surface area contributed by atoms with Crippen LogP contribution in [0.25, 0.3) is 0 Å². The van der Waals surface area contributed by atoms with Crippen molar-refractivity contribution in [3.05, 3.63) is 21.9 Å². The van der Waals surface area contributed by atoms with E-state index < -0.39 is 0 Å². The number of aliphatic imine (C=N–C) groups is 1. The summed E-state index contributed by atoms with van der Waals surface area (Å²) in [6, 6.07) is 2.15. The molecular weight excluding hydrogens is 344 g/mol. The fourth-order valence-corrected chi connectivity index (χ4v) is 5.78. The summed E-state index contributed by atoms with van der Waals surface area (Å²) < 4.78 is 0. The van der Waals surface area contributed by atoms with Gasteiger partial charge in [0, 0.05) is 38.1 Å². The highest BCUT2D eigenvalue weighted by Gasteiger charge is 2.39. The minimum Gasteiger partial charge on any atom is -0.347 e. The number of rotatable bonds is 2. The summed E-state index contributed by atoms with van der Waals surface area (Å²) in [6.07, 6.45) is 9.11. The van der Waals surface area contributed by atoms with Crippen LogP contribution in [0.1, 0.15) is 49.0 Å². The Labute approximate surface area is 160 Å². The highest BCUT2D eigenvalue weighted by Crippen LogP contribution is 2.43. The minimum atomic E-state index is 0.176. The summed E-state index contributed by atoms with van der Waals surface area (Å²) in [5.74, 6) is 1.07. The lowest BCUT2D eigenvalue weighted by Crippen LogP contribution is -2.47. The van der Waals surface area contributed by atoms with Crippen molar-refractivity contribution in [1.29, 1.82) is 0 Å². The average Bonchev–Trinajstić information content (AvgIpc) is 3.29. The summed E-state index contributed by atoms with van der Waals surface area (Å²) in [4.78, 5) is 22.9. The number of nitrogens with zero attached hydrogens (tertiary/aromatic N) is 3. The van der Waals surface area contributed by atoms with E-state index in [0.717, 1.165) is 38.6 Å². The van der Waals surface area contributed by atoms with Gasteiger partial charge < -0.3 is 15.1 Å². The highest BCUT2D eigenvalue weighted by atomic mass is 32.1. The third kappa shape index (κ3) is 3.61. The summed E-state index contributed by atoms with van der Waals surface area (Å²) in [5, 5.41) is 5.47. The Hall–Kier alpha value is -1.56. The summed E-state index contributed by atoms with van der Waals surface area (Å²) >= 11 is 1.81. The molecule has 1 saturated heterocycles. The van der Waals surface area contributed by atoms with Crippen LogP contribution in [-0.4, -0.2) is 54.9 Å². The van der Waals surface area contributed by atoms with Gasteiger partial charge in [-0.15, -0.1) is 11.3 Å². The van der Waals surface area contributed by atoms with Crippen molar-refractivity contribution in [3.63, 3.8) is 0 Å². The molecule has 3 aliphatic rings. The second-order valence-electron chi connectivity index (χ2n) is 8.07. The van der Waals surface area contributed by atoms with E-state index in [1.165, 1.54) is 49.0 Å². The number of carbonyl (C=O) groups excluding carboxylic acids is 1. The van der Waals surface area contributed by atoms with Crippen LogP contribution in [0.5, 0.6) is 0 Å². The maximum absolute atomic E-state index is 12.7. The van der Waals surface area contributed by atoms with Crippen LogP contribution in [0.4, 0.5) is 0 Å². The van der Waals surface area contributed by atoms with E-state index in [4.69, 9.17) is 0 Å². The van der Waals surface area contributed by atoms with Gasteiger partial charge in [0.05, 0.1) is 6.54 Å². The zero-order valence-electron chi connectivity index (χ0n) is 15.8. The second kappa shape index (κ2) is 7.59. The molecule has 1 N–H and O–H groups in total. The zero-order chi connectivity index (χ0) is 18.0. The van der Waals surface area contributed by atoms with Crippen molar-refractivity contribution in [2.45, 2.75) is 51.5 Å². The first-order chi connectivity index (χ1) is 12.7. The molecule has 0 aromatic carbocycles. The lowest BCUT2D eigenvalue weighted by atomic mass is 9.73. The normalized spacial score (nSPS) is 22.6. The van der Waals surface area contributed by atoms with Gasteiger partial charge in [-0.25, -0.2) is 0 Å². The number of hydrogen-bond donors (Lipinski definition) is 1. The predicted octanol–water partition coefficient (Wildman–Crippen LogP) is 2.86. The quantitative estimate of drug-likeness (QED) is 0.640. The minimum absolute atomic E-state index is 0.176.